The number of hydrogen-bond acceptors (Lipinski definition) is 5. The van der Waals surface area contributed by atoms with Gasteiger partial charge in [0.1, 0.15) is 5.75 Å². The van der Waals surface area contributed by atoms with E-state index in [1.54, 1.807) is 20.8 Å². The van der Waals surface area contributed by atoms with Crippen molar-refractivity contribution >= 4 is 17.9 Å². The summed E-state index contributed by atoms with van der Waals surface area (Å²) in [5.74, 6) is -1.44. The highest BCUT2D eigenvalue weighted by molar-refractivity contribution is 5.96. The molecule has 0 saturated heterocycles. The summed E-state index contributed by atoms with van der Waals surface area (Å²) in [6.45, 7) is 6.38. The van der Waals surface area contributed by atoms with Gasteiger partial charge in [0.2, 0.25) is 0 Å². The molecule has 0 radical (unpaired) electrons. The molecule has 1 rings (SSSR count). The lowest BCUT2D eigenvalue weighted by atomic mass is 9.97. The number of benzene rings is 1. The molecule has 0 atom stereocenters. The van der Waals surface area contributed by atoms with Crippen LogP contribution in [0.1, 0.15) is 38.1 Å². The molecular formula is C14H16O5. The van der Waals surface area contributed by atoms with Crippen LogP contribution < -0.4 is 4.74 Å². The minimum absolute atomic E-state index is 0.214. The van der Waals surface area contributed by atoms with E-state index in [4.69, 9.17) is 4.74 Å². The molecule has 0 unspecified atom stereocenters. The van der Waals surface area contributed by atoms with Crippen LogP contribution in [0.3, 0.4) is 0 Å². The number of ether oxygens (including phenoxy) is 2. The number of esters is 3. The fourth-order valence-electron chi connectivity index (χ4n) is 1.11. The van der Waals surface area contributed by atoms with Gasteiger partial charge >= 0.3 is 17.9 Å². The van der Waals surface area contributed by atoms with Gasteiger partial charge in [0.25, 0.3) is 0 Å². The summed E-state index contributed by atoms with van der Waals surface area (Å²) in [7, 11) is 0. The van der Waals surface area contributed by atoms with Crippen molar-refractivity contribution in [2.24, 2.45) is 5.41 Å². The van der Waals surface area contributed by atoms with Crippen LogP contribution in [0.4, 0.5) is 0 Å². The maximum Gasteiger partial charge on any atom is 0.345 e. The van der Waals surface area contributed by atoms with Gasteiger partial charge < -0.3 is 9.47 Å². The summed E-state index contributed by atoms with van der Waals surface area (Å²) in [4.78, 5) is 33.7. The van der Waals surface area contributed by atoms with Crippen LogP contribution in [0.25, 0.3) is 0 Å². The van der Waals surface area contributed by atoms with Crippen LogP contribution in [0, 0.1) is 5.41 Å². The number of hydrogen-bond donors (Lipinski definition) is 0. The van der Waals surface area contributed by atoms with E-state index < -0.39 is 17.4 Å². The van der Waals surface area contributed by atoms with E-state index in [1.807, 2.05) is 0 Å². The molecule has 19 heavy (non-hydrogen) atoms. The summed E-state index contributed by atoms with van der Waals surface area (Å²) in [6.07, 6.45) is 0. The molecule has 0 N–H and O–H groups in total. The van der Waals surface area contributed by atoms with Crippen LogP contribution >= 0.6 is 0 Å². The summed E-state index contributed by atoms with van der Waals surface area (Å²) in [5, 5.41) is 0. The zero-order valence-electron chi connectivity index (χ0n) is 11.4. The maximum atomic E-state index is 11.6. The third-order valence-electron chi connectivity index (χ3n) is 2.15. The quantitative estimate of drug-likeness (QED) is 0.466. The van der Waals surface area contributed by atoms with Crippen LogP contribution in [-0.4, -0.2) is 17.9 Å². The average molecular weight is 264 g/mol. The SMILES string of the molecule is CC(=O)OC(=O)c1ccc(OC(=O)C(C)(C)C)cc1. The molecule has 1 aromatic rings. The van der Waals surface area contributed by atoms with Gasteiger partial charge in [0, 0.05) is 6.92 Å². The molecule has 102 valence electrons. The number of carbonyl (C=O) groups excluding carboxylic acids is 3. The van der Waals surface area contributed by atoms with Gasteiger partial charge in [-0.15, -0.1) is 0 Å². The van der Waals surface area contributed by atoms with E-state index in [-0.39, 0.29) is 11.5 Å². The van der Waals surface area contributed by atoms with Crippen LogP contribution in [0.2, 0.25) is 0 Å². The van der Waals surface area contributed by atoms with Crippen molar-refractivity contribution in [1.82, 2.24) is 0 Å². The molecule has 0 aliphatic rings. The summed E-state index contributed by atoms with van der Waals surface area (Å²) in [5.41, 5.74) is -0.391. The Morgan fingerprint density at radius 2 is 1.53 bits per heavy atom. The fourth-order valence-corrected chi connectivity index (χ4v) is 1.11. The monoisotopic (exact) mass is 264 g/mol. The first-order valence-electron chi connectivity index (χ1n) is 5.75. The molecule has 0 spiro atoms. The lowest BCUT2D eigenvalue weighted by Gasteiger charge is -2.16. The smallest absolute Gasteiger partial charge is 0.345 e. The molecule has 0 bridgehead atoms. The molecule has 5 heteroatoms. The average Bonchev–Trinajstić information content (AvgIpc) is 2.27. The Balaban J connectivity index is 2.75. The van der Waals surface area contributed by atoms with Gasteiger partial charge in [0.05, 0.1) is 11.0 Å². The van der Waals surface area contributed by atoms with E-state index in [2.05, 4.69) is 4.74 Å². The van der Waals surface area contributed by atoms with Gasteiger partial charge in [-0.1, -0.05) is 0 Å². The largest absolute Gasteiger partial charge is 0.426 e. The third-order valence-corrected chi connectivity index (χ3v) is 2.15. The zero-order valence-corrected chi connectivity index (χ0v) is 11.4. The topological polar surface area (TPSA) is 69.7 Å². The first-order chi connectivity index (χ1) is 8.70. The molecular weight excluding hydrogens is 248 g/mol. The van der Waals surface area contributed by atoms with Crippen molar-refractivity contribution in [2.45, 2.75) is 27.7 Å². The van der Waals surface area contributed by atoms with Crippen molar-refractivity contribution in [3.63, 3.8) is 0 Å². The predicted octanol–water partition coefficient (Wildman–Crippen LogP) is 2.34. The second-order valence-electron chi connectivity index (χ2n) is 5.04. The summed E-state index contributed by atoms with van der Waals surface area (Å²) < 4.78 is 9.56. The molecule has 0 aliphatic heterocycles. The summed E-state index contributed by atoms with van der Waals surface area (Å²) >= 11 is 0. The van der Waals surface area contributed by atoms with Crippen LogP contribution in [0.5, 0.6) is 5.75 Å². The molecule has 1 aromatic carbocycles. The van der Waals surface area contributed by atoms with Gasteiger partial charge in [-0.3, -0.25) is 9.59 Å². The van der Waals surface area contributed by atoms with Crippen molar-refractivity contribution in [3.05, 3.63) is 29.8 Å². The number of carbonyl (C=O) groups is 3. The Kier molecular flexibility index (Phi) is 4.43. The lowest BCUT2D eigenvalue weighted by Crippen LogP contribution is -2.25. The molecule has 0 heterocycles. The maximum absolute atomic E-state index is 11.6. The summed E-state index contributed by atoms with van der Waals surface area (Å²) in [6, 6.07) is 5.80. The molecule has 0 aliphatic carbocycles. The minimum Gasteiger partial charge on any atom is -0.426 e. The first kappa shape index (κ1) is 14.9. The van der Waals surface area contributed by atoms with E-state index >= 15 is 0 Å². The normalized spacial score (nSPS) is 10.7. The Morgan fingerprint density at radius 1 is 1.00 bits per heavy atom. The van der Waals surface area contributed by atoms with Crippen LogP contribution in [-0.2, 0) is 14.3 Å². The van der Waals surface area contributed by atoms with Gasteiger partial charge in [-0.25, -0.2) is 4.79 Å². The highest BCUT2D eigenvalue weighted by Gasteiger charge is 2.23. The fraction of sp³-hybridized carbons (Fsp3) is 0.357. The zero-order chi connectivity index (χ0) is 14.6. The van der Waals surface area contributed by atoms with E-state index in [0.29, 0.717) is 5.75 Å². The first-order valence-corrected chi connectivity index (χ1v) is 5.75. The minimum atomic E-state index is -0.735. The van der Waals surface area contributed by atoms with Crippen molar-refractivity contribution < 1.29 is 23.9 Å². The number of rotatable bonds is 2. The standard InChI is InChI=1S/C14H16O5/c1-9(15)18-12(16)10-5-7-11(8-6-10)19-13(17)14(2,3)4/h5-8H,1-4H3. The molecule has 5 nitrogen and oxygen atoms in total. The lowest BCUT2D eigenvalue weighted by molar-refractivity contribution is -0.143. The van der Waals surface area contributed by atoms with E-state index in [0.717, 1.165) is 6.92 Å². The van der Waals surface area contributed by atoms with Gasteiger partial charge in [-0.05, 0) is 45.0 Å². The van der Waals surface area contributed by atoms with Gasteiger partial charge in [0.15, 0.2) is 0 Å². The highest BCUT2D eigenvalue weighted by Crippen LogP contribution is 2.19. The Bertz CT molecular complexity index is 494. The Labute approximate surface area is 111 Å². The van der Waals surface area contributed by atoms with E-state index in [1.165, 1.54) is 24.3 Å². The molecule has 0 saturated carbocycles. The molecule has 0 aromatic heterocycles. The van der Waals surface area contributed by atoms with E-state index in [9.17, 15) is 14.4 Å². The van der Waals surface area contributed by atoms with Crippen molar-refractivity contribution in [1.29, 1.82) is 0 Å². The second-order valence-corrected chi connectivity index (χ2v) is 5.04. The molecule has 0 fully saturated rings. The van der Waals surface area contributed by atoms with Crippen LogP contribution in [0.15, 0.2) is 24.3 Å². The predicted molar refractivity (Wildman–Crippen MR) is 67.6 cm³/mol. The van der Waals surface area contributed by atoms with Crippen molar-refractivity contribution in [3.8, 4) is 5.75 Å². The second kappa shape index (κ2) is 5.65. The third kappa shape index (κ3) is 4.54. The van der Waals surface area contributed by atoms with Crippen molar-refractivity contribution in [2.75, 3.05) is 0 Å². The van der Waals surface area contributed by atoms with Gasteiger partial charge in [-0.2, -0.15) is 0 Å². The Morgan fingerprint density at radius 3 is 1.95 bits per heavy atom. The Hall–Kier alpha value is -2.17. The molecule has 0 amide bonds. The highest BCUT2D eigenvalue weighted by atomic mass is 16.6.